The van der Waals surface area contributed by atoms with Crippen molar-refractivity contribution in [2.45, 2.75) is 52.1 Å². The summed E-state index contributed by atoms with van der Waals surface area (Å²) >= 11 is 0. The predicted octanol–water partition coefficient (Wildman–Crippen LogP) is 1.95. The van der Waals surface area contributed by atoms with Crippen LogP contribution in [0.25, 0.3) is 0 Å². The van der Waals surface area contributed by atoms with E-state index in [-0.39, 0.29) is 6.61 Å². The van der Waals surface area contributed by atoms with Crippen LogP contribution in [-0.4, -0.2) is 40.1 Å². The van der Waals surface area contributed by atoms with Crippen molar-refractivity contribution in [2.24, 2.45) is 5.92 Å². The number of carbonyl (C=O) groups excluding carboxylic acids is 2. The molecule has 0 radical (unpaired) electrons. The van der Waals surface area contributed by atoms with Crippen molar-refractivity contribution in [2.75, 3.05) is 6.61 Å². The lowest BCUT2D eigenvalue weighted by molar-refractivity contribution is -0.199. The molecule has 1 saturated heterocycles. The van der Waals surface area contributed by atoms with Crippen LogP contribution >= 0.6 is 0 Å². The molecule has 0 bridgehead atoms. The van der Waals surface area contributed by atoms with Crippen molar-refractivity contribution >= 4 is 12.1 Å². The minimum absolute atomic E-state index is 0.151. The normalized spacial score (nSPS) is 25.8. The van der Waals surface area contributed by atoms with Crippen molar-refractivity contribution in [1.29, 1.82) is 0 Å². The average molecular weight is 259 g/mol. The third-order valence-electron chi connectivity index (χ3n) is 3.41. The van der Waals surface area contributed by atoms with Crippen molar-refractivity contribution < 1.29 is 24.3 Å². The second-order valence-electron chi connectivity index (χ2n) is 5.64. The van der Waals surface area contributed by atoms with Gasteiger partial charge in [-0.05, 0) is 41.0 Å². The van der Waals surface area contributed by atoms with E-state index in [0.717, 1.165) is 5.06 Å². The molecule has 6 heteroatoms. The monoisotopic (exact) mass is 259 g/mol. The van der Waals surface area contributed by atoms with Crippen molar-refractivity contribution in [3.63, 3.8) is 0 Å². The van der Waals surface area contributed by atoms with E-state index in [9.17, 15) is 14.8 Å². The Morgan fingerprint density at radius 3 is 2.28 bits per heavy atom. The molecular weight excluding hydrogens is 238 g/mol. The topological polar surface area (TPSA) is 76.1 Å². The maximum Gasteiger partial charge on any atom is 0.516 e. The molecule has 1 unspecified atom stereocenters. The highest BCUT2D eigenvalue weighted by Gasteiger charge is 2.55. The van der Waals surface area contributed by atoms with E-state index < -0.39 is 29.1 Å². The molecule has 104 valence electrons. The van der Waals surface area contributed by atoms with Crippen molar-refractivity contribution in [3.8, 4) is 0 Å². The van der Waals surface area contributed by atoms with E-state index in [1.807, 2.05) is 13.8 Å². The lowest BCUT2D eigenvalue weighted by Crippen LogP contribution is -2.48. The van der Waals surface area contributed by atoms with Crippen molar-refractivity contribution in [3.05, 3.63) is 0 Å². The average Bonchev–Trinajstić information content (AvgIpc) is 2.39. The summed E-state index contributed by atoms with van der Waals surface area (Å²) in [4.78, 5) is 23.0. The minimum atomic E-state index is -0.993. The number of ether oxygens (including phenoxy) is 2. The van der Waals surface area contributed by atoms with Crippen LogP contribution in [0, 0.1) is 5.92 Å². The Morgan fingerprint density at radius 1 is 1.33 bits per heavy atom. The van der Waals surface area contributed by atoms with Gasteiger partial charge in [0.15, 0.2) is 0 Å². The Bertz CT molecular complexity index is 350. The van der Waals surface area contributed by atoms with Gasteiger partial charge >= 0.3 is 12.1 Å². The molecule has 0 amide bonds. The van der Waals surface area contributed by atoms with Gasteiger partial charge in [0.25, 0.3) is 0 Å². The lowest BCUT2D eigenvalue weighted by Gasteiger charge is -2.35. The third-order valence-corrected chi connectivity index (χ3v) is 3.41. The first-order valence-electron chi connectivity index (χ1n) is 6.00. The zero-order valence-electron chi connectivity index (χ0n) is 11.5. The Labute approximate surface area is 107 Å². The zero-order chi connectivity index (χ0) is 14.1. The number of nitrogens with zero attached hydrogens (tertiary/aromatic N) is 1. The van der Waals surface area contributed by atoms with Crippen LogP contribution in [0.3, 0.4) is 0 Å². The Hall–Kier alpha value is -1.14. The van der Waals surface area contributed by atoms with Crippen LogP contribution in [0.15, 0.2) is 0 Å². The SMILES string of the molecule is CCOC(=O)OC(=O)C1CC(C)(C)N(O)C1(C)C. The van der Waals surface area contributed by atoms with Gasteiger partial charge in [-0.15, -0.1) is 0 Å². The Kier molecular flexibility index (Phi) is 4.02. The quantitative estimate of drug-likeness (QED) is 0.603. The van der Waals surface area contributed by atoms with Crippen LogP contribution in [-0.2, 0) is 14.3 Å². The zero-order valence-corrected chi connectivity index (χ0v) is 11.5. The summed E-state index contributed by atoms with van der Waals surface area (Å²) in [6.45, 7) is 8.90. The molecule has 0 aromatic carbocycles. The first kappa shape index (κ1) is 14.9. The summed E-state index contributed by atoms with van der Waals surface area (Å²) in [6, 6.07) is 0. The summed E-state index contributed by atoms with van der Waals surface area (Å²) in [5.41, 5.74) is -1.32. The maximum absolute atomic E-state index is 11.9. The molecule has 1 aliphatic rings. The number of hydrogen-bond acceptors (Lipinski definition) is 6. The highest BCUT2D eigenvalue weighted by Crippen LogP contribution is 2.43. The lowest BCUT2D eigenvalue weighted by atomic mass is 9.87. The first-order chi connectivity index (χ1) is 8.13. The Balaban J connectivity index is 2.78. The summed E-state index contributed by atoms with van der Waals surface area (Å²) in [7, 11) is 0. The van der Waals surface area contributed by atoms with Gasteiger partial charge in [0.2, 0.25) is 0 Å². The van der Waals surface area contributed by atoms with Crippen molar-refractivity contribution in [1.82, 2.24) is 5.06 Å². The predicted molar refractivity (Wildman–Crippen MR) is 63.0 cm³/mol. The van der Waals surface area contributed by atoms with Crippen LogP contribution in [0.1, 0.15) is 41.0 Å². The first-order valence-corrected chi connectivity index (χ1v) is 6.00. The van der Waals surface area contributed by atoms with Gasteiger partial charge in [-0.25, -0.2) is 4.79 Å². The number of carbonyl (C=O) groups is 2. The highest BCUT2D eigenvalue weighted by atomic mass is 16.7. The summed E-state index contributed by atoms with van der Waals surface area (Å²) in [6.07, 6.45) is -0.582. The van der Waals surface area contributed by atoms with Crippen LogP contribution in [0.4, 0.5) is 4.79 Å². The second kappa shape index (κ2) is 4.85. The molecule has 1 N–H and O–H groups in total. The number of hydroxylamine groups is 2. The highest BCUT2D eigenvalue weighted by molar-refractivity contribution is 5.84. The van der Waals surface area contributed by atoms with Crippen LogP contribution < -0.4 is 0 Å². The van der Waals surface area contributed by atoms with Crippen LogP contribution in [0.2, 0.25) is 0 Å². The van der Waals surface area contributed by atoms with E-state index in [2.05, 4.69) is 9.47 Å². The smallest absolute Gasteiger partial charge is 0.434 e. The molecule has 1 fully saturated rings. The fourth-order valence-corrected chi connectivity index (χ4v) is 2.44. The van der Waals surface area contributed by atoms with E-state index in [0.29, 0.717) is 6.42 Å². The van der Waals surface area contributed by atoms with Gasteiger partial charge in [-0.2, -0.15) is 5.06 Å². The number of rotatable bonds is 2. The third kappa shape index (κ3) is 2.64. The maximum atomic E-state index is 11.9. The largest absolute Gasteiger partial charge is 0.516 e. The molecule has 0 aliphatic carbocycles. The molecule has 18 heavy (non-hydrogen) atoms. The molecule has 1 rings (SSSR count). The van der Waals surface area contributed by atoms with E-state index >= 15 is 0 Å². The van der Waals surface area contributed by atoms with Gasteiger partial charge in [-0.3, -0.25) is 4.79 Å². The Morgan fingerprint density at radius 2 is 1.89 bits per heavy atom. The van der Waals surface area contributed by atoms with E-state index in [4.69, 9.17) is 0 Å². The fourth-order valence-electron chi connectivity index (χ4n) is 2.44. The second-order valence-corrected chi connectivity index (χ2v) is 5.64. The van der Waals surface area contributed by atoms with E-state index in [1.54, 1.807) is 20.8 Å². The van der Waals surface area contributed by atoms with Gasteiger partial charge in [0.1, 0.15) is 0 Å². The molecular formula is C12H21NO5. The standard InChI is InChI=1S/C12H21NO5/c1-6-17-10(15)18-9(14)8-7-11(2,3)13(16)12(8,4)5/h8,16H,6-7H2,1-5H3. The summed E-state index contributed by atoms with van der Waals surface area (Å²) in [5.74, 6) is -1.25. The molecule has 1 heterocycles. The number of esters is 1. The fraction of sp³-hybridized carbons (Fsp3) is 0.833. The molecule has 1 aliphatic heterocycles. The molecule has 0 aromatic rings. The van der Waals surface area contributed by atoms with Gasteiger partial charge < -0.3 is 14.7 Å². The molecule has 0 spiro atoms. The van der Waals surface area contributed by atoms with Gasteiger partial charge in [0, 0.05) is 5.54 Å². The molecule has 1 atom stereocenters. The molecule has 6 nitrogen and oxygen atoms in total. The minimum Gasteiger partial charge on any atom is -0.434 e. The van der Waals surface area contributed by atoms with Gasteiger partial charge in [0.05, 0.1) is 18.1 Å². The summed E-state index contributed by atoms with van der Waals surface area (Å²) < 4.78 is 9.18. The van der Waals surface area contributed by atoms with E-state index in [1.165, 1.54) is 0 Å². The van der Waals surface area contributed by atoms with Crippen LogP contribution in [0.5, 0.6) is 0 Å². The van der Waals surface area contributed by atoms with Gasteiger partial charge in [-0.1, -0.05) is 0 Å². The molecule has 0 aromatic heterocycles. The number of hydrogen-bond donors (Lipinski definition) is 1. The molecule has 0 saturated carbocycles. The summed E-state index contributed by atoms with van der Waals surface area (Å²) in [5, 5.41) is 11.2.